The highest BCUT2D eigenvalue weighted by molar-refractivity contribution is 5.85. The molecule has 4 heterocycles. The number of aromatic nitrogens is 5. The van der Waals surface area contributed by atoms with Crippen molar-refractivity contribution in [3.63, 3.8) is 0 Å². The van der Waals surface area contributed by atoms with Crippen molar-refractivity contribution in [1.82, 2.24) is 34.7 Å². The maximum Gasteiger partial charge on any atom is 0.397 e. The molecule has 1 aliphatic rings. The van der Waals surface area contributed by atoms with Gasteiger partial charge in [-0.15, -0.1) is 0 Å². The summed E-state index contributed by atoms with van der Waals surface area (Å²) < 4.78 is 43.4. The number of hydrogen-bond acceptors (Lipinski definition) is 9. The molecule has 1 aliphatic heterocycles. The molecule has 1 aromatic carbocycles. The number of rotatable bonds is 8. The van der Waals surface area contributed by atoms with E-state index in [2.05, 4.69) is 35.1 Å². The van der Waals surface area contributed by atoms with E-state index in [4.69, 9.17) is 4.74 Å². The van der Waals surface area contributed by atoms with Crippen LogP contribution in [0.5, 0.6) is 5.75 Å². The van der Waals surface area contributed by atoms with Crippen LogP contribution in [0.25, 0.3) is 22.3 Å². The molecule has 1 fully saturated rings. The number of carbonyl (C=O) groups excluding carboxylic acids is 1. The highest BCUT2D eigenvalue weighted by Gasteiger charge is 2.35. The predicted octanol–water partition coefficient (Wildman–Crippen LogP) is 4.39. The zero-order chi connectivity index (χ0) is 30.0. The maximum atomic E-state index is 12.6. The molecule has 14 heteroatoms. The Morgan fingerprint density at radius 2 is 1.88 bits per heavy atom. The van der Waals surface area contributed by atoms with E-state index in [0.717, 1.165) is 22.2 Å². The van der Waals surface area contributed by atoms with Gasteiger partial charge in [-0.2, -0.15) is 13.2 Å². The molecule has 0 saturated carbocycles. The number of amides is 1. The summed E-state index contributed by atoms with van der Waals surface area (Å²) in [5.74, 6) is 1.47. The first kappa shape index (κ1) is 29.0. The van der Waals surface area contributed by atoms with E-state index in [0.29, 0.717) is 42.1 Å². The molecule has 2 N–H and O–H groups in total. The van der Waals surface area contributed by atoms with E-state index in [1.807, 2.05) is 56.3 Å². The molecule has 0 aliphatic carbocycles. The van der Waals surface area contributed by atoms with Crippen molar-refractivity contribution < 1.29 is 22.7 Å². The number of H-pyrrole nitrogens is 1. The van der Waals surface area contributed by atoms with Crippen molar-refractivity contribution in [2.24, 2.45) is 0 Å². The lowest BCUT2D eigenvalue weighted by atomic mass is 10.1. The monoisotopic (exact) mass is 583 g/mol. The van der Waals surface area contributed by atoms with Gasteiger partial charge in [0.2, 0.25) is 11.9 Å². The summed E-state index contributed by atoms with van der Waals surface area (Å²) >= 11 is 0. The number of imidazole rings is 1. The number of ether oxygens (including phenoxy) is 1. The Hall–Kier alpha value is -4.46. The summed E-state index contributed by atoms with van der Waals surface area (Å²) in [5.41, 5.74) is 4.04. The first-order valence-corrected chi connectivity index (χ1v) is 13.4. The van der Waals surface area contributed by atoms with Gasteiger partial charge < -0.3 is 24.8 Å². The van der Waals surface area contributed by atoms with Gasteiger partial charge in [0.1, 0.15) is 24.3 Å². The van der Waals surface area contributed by atoms with Crippen LogP contribution in [-0.4, -0.2) is 94.2 Å². The Balaban J connectivity index is 1.28. The number of pyridine rings is 1. The number of carbonyl (C=O) groups is 1. The molecule has 222 valence electrons. The van der Waals surface area contributed by atoms with E-state index in [9.17, 15) is 18.0 Å². The molecule has 1 saturated heterocycles. The second-order valence-corrected chi connectivity index (χ2v) is 10.3. The van der Waals surface area contributed by atoms with Gasteiger partial charge >= 0.3 is 6.18 Å². The van der Waals surface area contributed by atoms with Crippen LogP contribution >= 0.6 is 0 Å². The Kier molecular flexibility index (Phi) is 8.16. The second-order valence-electron chi connectivity index (χ2n) is 10.3. The van der Waals surface area contributed by atoms with E-state index in [-0.39, 0.29) is 19.1 Å². The number of alkyl halides is 3. The summed E-state index contributed by atoms with van der Waals surface area (Å²) in [6.45, 7) is 3.50. The van der Waals surface area contributed by atoms with Crippen molar-refractivity contribution in [3.05, 3.63) is 48.4 Å². The Bertz CT molecular complexity index is 1570. The highest BCUT2D eigenvalue weighted by Crippen LogP contribution is 2.35. The summed E-state index contributed by atoms with van der Waals surface area (Å²) in [4.78, 5) is 38.4. The van der Waals surface area contributed by atoms with E-state index >= 15 is 0 Å². The number of halogens is 3. The molecular weight excluding hydrogens is 551 g/mol. The van der Waals surface area contributed by atoms with Crippen molar-refractivity contribution in [3.8, 4) is 17.0 Å². The van der Waals surface area contributed by atoms with Gasteiger partial charge in [-0.1, -0.05) is 6.07 Å². The van der Waals surface area contributed by atoms with Gasteiger partial charge in [0.25, 0.3) is 0 Å². The van der Waals surface area contributed by atoms with Crippen molar-refractivity contribution in [2.45, 2.75) is 25.6 Å². The minimum Gasteiger partial charge on any atom is -0.491 e. The van der Waals surface area contributed by atoms with Crippen LogP contribution in [0, 0.1) is 0 Å². The number of fused-ring (bicyclic) bond motifs is 1. The minimum absolute atomic E-state index is 0.0263. The first-order valence-electron chi connectivity index (χ1n) is 13.4. The summed E-state index contributed by atoms with van der Waals surface area (Å²) in [6.07, 6.45) is -2.71. The SMILES string of the molecule is COc1c(-c2ccc3nc(Nc4cc(C(C)N5CCN(C(=O)CC(F)(F)F)CC5)ccn4)[nH]c3c2)ncnc1N(C)C. The molecule has 1 amide bonds. The molecule has 0 spiro atoms. The van der Waals surface area contributed by atoms with E-state index in [1.165, 1.54) is 11.2 Å². The fourth-order valence-electron chi connectivity index (χ4n) is 5.04. The van der Waals surface area contributed by atoms with Gasteiger partial charge in [-0.3, -0.25) is 9.69 Å². The standard InChI is InChI=1S/C28H32F3N9O2/c1-17(39-9-11-40(12-10-39)23(41)15-28(29,30)31)18-7-8-32-22(14-18)37-27-35-20-6-5-19(13-21(20)36-27)24-25(42-4)26(38(2)3)34-16-33-24/h5-8,13-14,16-17H,9-12,15H2,1-4H3,(H2,32,35,36,37). The van der Waals surface area contributed by atoms with Gasteiger partial charge in [0, 0.05) is 58.1 Å². The third kappa shape index (κ3) is 6.38. The smallest absolute Gasteiger partial charge is 0.397 e. The van der Waals surface area contributed by atoms with E-state index in [1.54, 1.807) is 13.3 Å². The van der Waals surface area contributed by atoms with Gasteiger partial charge in [-0.05, 0) is 36.8 Å². The number of nitrogens with one attached hydrogen (secondary N) is 2. The number of aromatic amines is 1. The quantitative estimate of drug-likeness (QED) is 0.312. The van der Waals surface area contributed by atoms with Gasteiger partial charge in [0.15, 0.2) is 11.6 Å². The fraction of sp³-hybridized carbons (Fsp3) is 0.393. The molecule has 4 aromatic rings. The second kappa shape index (κ2) is 11.8. The van der Waals surface area contributed by atoms with Gasteiger partial charge in [-0.25, -0.2) is 19.9 Å². The molecule has 1 atom stereocenters. The molecule has 0 radical (unpaired) electrons. The Labute approximate surface area is 240 Å². The number of nitrogens with zero attached hydrogens (tertiary/aromatic N) is 7. The lowest BCUT2D eigenvalue weighted by molar-refractivity contribution is -0.162. The zero-order valence-corrected chi connectivity index (χ0v) is 23.7. The summed E-state index contributed by atoms with van der Waals surface area (Å²) in [5, 5.41) is 3.23. The number of anilines is 3. The molecule has 3 aromatic heterocycles. The van der Waals surface area contributed by atoms with Crippen LogP contribution in [0.1, 0.15) is 24.9 Å². The number of benzene rings is 1. The van der Waals surface area contributed by atoms with Crippen LogP contribution < -0.4 is 15.0 Å². The van der Waals surface area contributed by atoms with Crippen LogP contribution in [0.4, 0.5) is 30.8 Å². The van der Waals surface area contributed by atoms with Crippen LogP contribution in [0.3, 0.4) is 0 Å². The molecule has 42 heavy (non-hydrogen) atoms. The average molecular weight is 584 g/mol. The molecule has 11 nitrogen and oxygen atoms in total. The predicted molar refractivity (Wildman–Crippen MR) is 153 cm³/mol. The lowest BCUT2D eigenvalue weighted by Crippen LogP contribution is -2.50. The third-order valence-electron chi connectivity index (χ3n) is 7.25. The largest absolute Gasteiger partial charge is 0.491 e. The average Bonchev–Trinajstić information content (AvgIpc) is 3.37. The zero-order valence-electron chi connectivity index (χ0n) is 23.7. The Morgan fingerprint density at radius 3 is 2.57 bits per heavy atom. The van der Waals surface area contributed by atoms with Crippen LogP contribution in [-0.2, 0) is 4.79 Å². The molecule has 0 bridgehead atoms. The fourth-order valence-corrected chi connectivity index (χ4v) is 5.04. The van der Waals surface area contributed by atoms with Crippen LogP contribution in [0.2, 0.25) is 0 Å². The molecular formula is C28H32F3N9O2. The summed E-state index contributed by atoms with van der Waals surface area (Å²) in [7, 11) is 5.37. The first-order chi connectivity index (χ1) is 20.0. The highest BCUT2D eigenvalue weighted by atomic mass is 19.4. The number of hydrogen-bond donors (Lipinski definition) is 2. The lowest BCUT2D eigenvalue weighted by Gasteiger charge is -2.38. The maximum absolute atomic E-state index is 12.6. The normalized spacial score (nSPS) is 15.1. The van der Waals surface area contributed by atoms with Crippen molar-refractivity contribution in [1.29, 1.82) is 0 Å². The minimum atomic E-state index is -4.50. The molecule has 1 unspecified atom stereocenters. The van der Waals surface area contributed by atoms with Crippen molar-refractivity contribution in [2.75, 3.05) is 57.6 Å². The number of methoxy groups -OCH3 is 1. The Morgan fingerprint density at radius 1 is 1.12 bits per heavy atom. The topological polar surface area (TPSA) is 115 Å². The summed E-state index contributed by atoms with van der Waals surface area (Å²) in [6, 6.07) is 9.56. The van der Waals surface area contributed by atoms with Gasteiger partial charge in [0.05, 0.1) is 18.1 Å². The van der Waals surface area contributed by atoms with Crippen LogP contribution in [0.15, 0.2) is 42.9 Å². The van der Waals surface area contributed by atoms with E-state index < -0.39 is 18.5 Å². The number of piperazine rings is 1. The third-order valence-corrected chi connectivity index (χ3v) is 7.25. The van der Waals surface area contributed by atoms with Crippen molar-refractivity contribution >= 4 is 34.5 Å². The molecule has 5 rings (SSSR count).